The number of nitro benzene ring substituents is 1. The fourth-order valence-corrected chi connectivity index (χ4v) is 3.74. The lowest BCUT2D eigenvalue weighted by Crippen LogP contribution is -2.43. The monoisotopic (exact) mass is 440 g/mol. The van der Waals surface area contributed by atoms with Gasteiger partial charge in [-0.1, -0.05) is 0 Å². The predicted octanol–water partition coefficient (Wildman–Crippen LogP) is 3.11. The molecule has 0 spiro atoms. The highest BCUT2D eigenvalue weighted by atomic mass is 16.6. The molecule has 2 aromatic carbocycles. The molecule has 1 unspecified atom stereocenters. The average Bonchev–Trinajstić information content (AvgIpc) is 3.22. The first-order chi connectivity index (χ1) is 15.2. The molecule has 0 radical (unpaired) electrons. The van der Waals surface area contributed by atoms with Crippen LogP contribution in [0.15, 0.2) is 36.4 Å². The molecule has 1 heterocycles. The number of nitrogens with zero attached hydrogens (tertiary/aromatic N) is 2. The van der Waals surface area contributed by atoms with E-state index in [0.717, 1.165) is 0 Å². The van der Waals surface area contributed by atoms with Gasteiger partial charge in [-0.05, 0) is 50.1 Å². The summed E-state index contributed by atoms with van der Waals surface area (Å²) in [6.45, 7) is 3.35. The maximum atomic E-state index is 13.0. The SMILES string of the molecule is COc1ccc(NC(=O)C2CCCN2C(=O)c2ccc([N+](=O)[O-])c(C)c2)cc1NC(C)=O. The second kappa shape index (κ2) is 9.46. The van der Waals surface area contributed by atoms with E-state index in [9.17, 15) is 24.5 Å². The minimum Gasteiger partial charge on any atom is -0.495 e. The third-order valence-electron chi connectivity index (χ3n) is 5.23. The normalized spacial score (nSPS) is 15.2. The summed E-state index contributed by atoms with van der Waals surface area (Å²) in [5.41, 5.74) is 1.48. The van der Waals surface area contributed by atoms with Crippen molar-refractivity contribution in [3.63, 3.8) is 0 Å². The Labute approximate surface area is 184 Å². The Kier molecular flexibility index (Phi) is 6.72. The number of aryl methyl sites for hydroxylation is 1. The molecule has 168 valence electrons. The summed E-state index contributed by atoms with van der Waals surface area (Å²) in [7, 11) is 1.47. The number of anilines is 2. The third kappa shape index (κ3) is 4.85. The Bertz CT molecular complexity index is 1080. The highest BCUT2D eigenvalue weighted by molar-refractivity contribution is 6.02. The van der Waals surface area contributed by atoms with E-state index in [-0.39, 0.29) is 23.4 Å². The zero-order chi connectivity index (χ0) is 23.4. The smallest absolute Gasteiger partial charge is 0.272 e. The van der Waals surface area contributed by atoms with Crippen molar-refractivity contribution >= 4 is 34.8 Å². The quantitative estimate of drug-likeness (QED) is 0.524. The molecule has 3 rings (SSSR count). The van der Waals surface area contributed by atoms with E-state index in [0.29, 0.717) is 47.6 Å². The van der Waals surface area contributed by atoms with Crippen molar-refractivity contribution in [2.75, 3.05) is 24.3 Å². The van der Waals surface area contributed by atoms with Crippen LogP contribution in [0.3, 0.4) is 0 Å². The Hall–Kier alpha value is -3.95. The van der Waals surface area contributed by atoms with Crippen LogP contribution in [0.25, 0.3) is 0 Å². The van der Waals surface area contributed by atoms with Crippen LogP contribution in [0.1, 0.15) is 35.7 Å². The summed E-state index contributed by atoms with van der Waals surface area (Å²) in [5.74, 6) is -0.537. The number of likely N-dealkylation sites (tertiary alicyclic amines) is 1. The van der Waals surface area contributed by atoms with Gasteiger partial charge in [-0.2, -0.15) is 0 Å². The van der Waals surface area contributed by atoms with Crippen LogP contribution >= 0.6 is 0 Å². The molecular weight excluding hydrogens is 416 g/mol. The van der Waals surface area contributed by atoms with Crippen molar-refractivity contribution in [3.8, 4) is 5.75 Å². The first kappa shape index (κ1) is 22.7. The molecule has 0 saturated carbocycles. The van der Waals surface area contributed by atoms with Crippen molar-refractivity contribution in [2.24, 2.45) is 0 Å². The number of nitro groups is 1. The van der Waals surface area contributed by atoms with Gasteiger partial charge in [-0.25, -0.2) is 0 Å². The Morgan fingerprint density at radius 3 is 2.53 bits per heavy atom. The fraction of sp³-hybridized carbons (Fsp3) is 0.318. The van der Waals surface area contributed by atoms with Gasteiger partial charge in [-0.3, -0.25) is 24.5 Å². The van der Waals surface area contributed by atoms with E-state index >= 15 is 0 Å². The van der Waals surface area contributed by atoms with Crippen molar-refractivity contribution < 1.29 is 24.0 Å². The minimum atomic E-state index is -0.677. The molecule has 3 amide bonds. The van der Waals surface area contributed by atoms with Crippen molar-refractivity contribution in [1.29, 1.82) is 0 Å². The van der Waals surface area contributed by atoms with Gasteiger partial charge in [-0.15, -0.1) is 0 Å². The Balaban J connectivity index is 1.77. The summed E-state index contributed by atoms with van der Waals surface area (Å²) in [4.78, 5) is 49.4. The van der Waals surface area contributed by atoms with Gasteiger partial charge in [0.05, 0.1) is 17.7 Å². The van der Waals surface area contributed by atoms with Gasteiger partial charge in [0.25, 0.3) is 11.6 Å². The zero-order valence-electron chi connectivity index (χ0n) is 18.0. The summed E-state index contributed by atoms with van der Waals surface area (Å²) in [6.07, 6.45) is 1.16. The molecule has 2 aromatic rings. The zero-order valence-corrected chi connectivity index (χ0v) is 18.0. The van der Waals surface area contributed by atoms with E-state index in [1.807, 2.05) is 0 Å². The highest BCUT2D eigenvalue weighted by Gasteiger charge is 2.35. The molecule has 0 aliphatic carbocycles. The van der Waals surface area contributed by atoms with Crippen molar-refractivity contribution in [3.05, 3.63) is 57.6 Å². The first-order valence-corrected chi connectivity index (χ1v) is 10.0. The largest absolute Gasteiger partial charge is 0.495 e. The molecule has 10 nitrogen and oxygen atoms in total. The summed E-state index contributed by atoms with van der Waals surface area (Å²) < 4.78 is 5.21. The van der Waals surface area contributed by atoms with Crippen LogP contribution in [0.4, 0.5) is 17.1 Å². The number of hydrogen-bond donors (Lipinski definition) is 2. The van der Waals surface area contributed by atoms with Gasteiger partial charge < -0.3 is 20.3 Å². The number of benzene rings is 2. The van der Waals surface area contributed by atoms with E-state index in [4.69, 9.17) is 4.74 Å². The molecule has 0 aromatic heterocycles. The standard InChI is InChI=1S/C22H24N4O6/c1-13-11-15(6-8-18(13)26(30)31)22(29)25-10-4-5-19(25)21(28)24-16-7-9-20(32-3)17(12-16)23-14(2)27/h6-9,11-12,19H,4-5,10H2,1-3H3,(H,23,27)(H,24,28). The van der Waals surface area contributed by atoms with Gasteiger partial charge >= 0.3 is 0 Å². The first-order valence-electron chi connectivity index (χ1n) is 10.0. The molecule has 32 heavy (non-hydrogen) atoms. The third-order valence-corrected chi connectivity index (χ3v) is 5.23. The molecule has 1 fully saturated rings. The summed E-state index contributed by atoms with van der Waals surface area (Å²) >= 11 is 0. The molecular formula is C22H24N4O6. The maximum Gasteiger partial charge on any atom is 0.272 e. The summed E-state index contributed by atoms with van der Waals surface area (Å²) in [6, 6.07) is 8.35. The van der Waals surface area contributed by atoms with E-state index in [1.54, 1.807) is 25.1 Å². The molecule has 2 N–H and O–H groups in total. The predicted molar refractivity (Wildman–Crippen MR) is 118 cm³/mol. The molecule has 1 saturated heterocycles. The average molecular weight is 440 g/mol. The number of methoxy groups -OCH3 is 1. The second-order valence-electron chi connectivity index (χ2n) is 7.50. The van der Waals surface area contributed by atoms with Crippen LogP contribution in [-0.2, 0) is 9.59 Å². The fourth-order valence-electron chi connectivity index (χ4n) is 3.74. The lowest BCUT2D eigenvalue weighted by Gasteiger charge is -2.24. The van der Waals surface area contributed by atoms with E-state index in [2.05, 4.69) is 10.6 Å². The number of amides is 3. The van der Waals surface area contributed by atoms with Gasteiger partial charge in [0, 0.05) is 36.3 Å². The van der Waals surface area contributed by atoms with Crippen molar-refractivity contribution in [1.82, 2.24) is 4.90 Å². The lowest BCUT2D eigenvalue weighted by molar-refractivity contribution is -0.385. The number of carbonyl (C=O) groups is 3. The maximum absolute atomic E-state index is 13.0. The second-order valence-corrected chi connectivity index (χ2v) is 7.50. The van der Waals surface area contributed by atoms with E-state index < -0.39 is 11.0 Å². The van der Waals surface area contributed by atoms with Crippen LogP contribution < -0.4 is 15.4 Å². The van der Waals surface area contributed by atoms with Crippen molar-refractivity contribution in [2.45, 2.75) is 32.7 Å². The molecule has 1 aliphatic heterocycles. The minimum absolute atomic E-state index is 0.0632. The van der Waals surface area contributed by atoms with Crippen LogP contribution in [0, 0.1) is 17.0 Å². The summed E-state index contributed by atoms with van der Waals surface area (Å²) in [5, 5.41) is 16.5. The number of ether oxygens (including phenoxy) is 1. The van der Waals surface area contributed by atoms with Gasteiger partial charge in [0.2, 0.25) is 11.8 Å². The highest BCUT2D eigenvalue weighted by Crippen LogP contribution is 2.29. The van der Waals surface area contributed by atoms with Gasteiger partial charge in [0.15, 0.2) is 0 Å². The Morgan fingerprint density at radius 2 is 1.91 bits per heavy atom. The molecule has 10 heteroatoms. The van der Waals surface area contributed by atoms with E-state index in [1.165, 1.54) is 37.1 Å². The van der Waals surface area contributed by atoms with Crippen LogP contribution in [0.2, 0.25) is 0 Å². The molecule has 1 atom stereocenters. The number of carbonyl (C=O) groups excluding carboxylic acids is 3. The molecule has 0 bridgehead atoms. The van der Waals surface area contributed by atoms with Gasteiger partial charge in [0.1, 0.15) is 11.8 Å². The number of hydrogen-bond acceptors (Lipinski definition) is 6. The lowest BCUT2D eigenvalue weighted by atomic mass is 10.1. The molecule has 1 aliphatic rings. The van der Waals surface area contributed by atoms with Crippen LogP contribution in [0.5, 0.6) is 5.75 Å². The van der Waals surface area contributed by atoms with Crippen LogP contribution in [-0.4, -0.2) is 47.2 Å². The number of rotatable bonds is 6. The Morgan fingerprint density at radius 1 is 1.16 bits per heavy atom. The number of nitrogens with one attached hydrogen (secondary N) is 2. The topological polar surface area (TPSA) is 131 Å².